The van der Waals surface area contributed by atoms with E-state index in [9.17, 15) is 0 Å². The van der Waals surface area contributed by atoms with Gasteiger partial charge in [0.1, 0.15) is 0 Å². The van der Waals surface area contributed by atoms with Gasteiger partial charge in [-0.1, -0.05) is 25.0 Å². The molecule has 1 aliphatic rings. The van der Waals surface area contributed by atoms with Crippen molar-refractivity contribution in [1.29, 1.82) is 0 Å². The number of hydrogen-bond donors (Lipinski definition) is 0. The molecular formula is C9H15ClO. The monoisotopic (exact) mass is 174 g/mol. The van der Waals surface area contributed by atoms with Crippen LogP contribution in [0.4, 0.5) is 0 Å². The molecule has 64 valence electrons. The number of allylic oxidation sites excluding steroid dienone is 1. The largest absolute Gasteiger partial charge is 0.374 e. The van der Waals surface area contributed by atoms with E-state index in [0.717, 1.165) is 12.8 Å². The molecule has 0 aromatic heterocycles. The fraction of sp³-hybridized carbons (Fsp3) is 0.778. The van der Waals surface area contributed by atoms with E-state index in [0.29, 0.717) is 5.88 Å². The summed E-state index contributed by atoms with van der Waals surface area (Å²) in [5.41, 5.74) is 0.0227. The van der Waals surface area contributed by atoms with Crippen LogP contribution < -0.4 is 0 Å². The lowest BCUT2D eigenvalue weighted by atomic mass is 10.0. The highest BCUT2D eigenvalue weighted by molar-refractivity contribution is 6.18. The third-order valence-corrected chi connectivity index (χ3v) is 2.55. The molecule has 0 heterocycles. The Bertz CT molecular complexity index is 136. The van der Waals surface area contributed by atoms with Crippen LogP contribution in [0.5, 0.6) is 0 Å². The van der Waals surface area contributed by atoms with Crippen molar-refractivity contribution < 1.29 is 4.74 Å². The minimum atomic E-state index is 0.0227. The fourth-order valence-electron chi connectivity index (χ4n) is 1.67. The van der Waals surface area contributed by atoms with Gasteiger partial charge in [-0.3, -0.25) is 0 Å². The number of methoxy groups -OCH3 is 1. The molecule has 0 N–H and O–H groups in total. The van der Waals surface area contributed by atoms with Gasteiger partial charge in [-0.2, -0.15) is 0 Å². The van der Waals surface area contributed by atoms with Gasteiger partial charge < -0.3 is 4.74 Å². The zero-order valence-corrected chi connectivity index (χ0v) is 7.73. The van der Waals surface area contributed by atoms with Crippen LogP contribution in [0, 0.1) is 0 Å². The average molecular weight is 175 g/mol. The van der Waals surface area contributed by atoms with Crippen LogP contribution in [0.15, 0.2) is 12.2 Å². The molecule has 0 spiro atoms. The van der Waals surface area contributed by atoms with E-state index in [1.165, 1.54) is 12.8 Å². The molecule has 1 nitrogen and oxygen atoms in total. The maximum atomic E-state index is 5.56. The minimum Gasteiger partial charge on any atom is -0.374 e. The number of rotatable bonds is 3. The van der Waals surface area contributed by atoms with Crippen LogP contribution in [-0.2, 0) is 4.74 Å². The number of halogens is 1. The molecule has 0 amide bonds. The summed E-state index contributed by atoms with van der Waals surface area (Å²) in [6, 6.07) is 0. The van der Waals surface area contributed by atoms with E-state index in [1.807, 2.05) is 6.08 Å². The Balaban J connectivity index is 2.52. The lowest BCUT2D eigenvalue weighted by Crippen LogP contribution is -2.23. The minimum absolute atomic E-state index is 0.0227. The molecule has 0 aliphatic heterocycles. The molecule has 0 aromatic carbocycles. The highest BCUT2D eigenvalue weighted by atomic mass is 35.5. The van der Waals surface area contributed by atoms with Crippen LogP contribution in [0.1, 0.15) is 25.7 Å². The van der Waals surface area contributed by atoms with Crippen LogP contribution in [0.25, 0.3) is 0 Å². The van der Waals surface area contributed by atoms with Crippen molar-refractivity contribution in [2.24, 2.45) is 0 Å². The molecule has 1 saturated carbocycles. The van der Waals surface area contributed by atoms with Crippen molar-refractivity contribution in [1.82, 2.24) is 0 Å². The smallest absolute Gasteiger partial charge is 0.0859 e. The number of alkyl halides is 1. The van der Waals surface area contributed by atoms with E-state index in [-0.39, 0.29) is 5.60 Å². The third kappa shape index (κ3) is 2.21. The second-order valence-corrected chi connectivity index (χ2v) is 3.34. The molecular weight excluding hydrogens is 160 g/mol. The molecule has 1 aliphatic carbocycles. The van der Waals surface area contributed by atoms with E-state index in [2.05, 4.69) is 6.08 Å². The molecule has 0 radical (unpaired) electrons. The van der Waals surface area contributed by atoms with E-state index >= 15 is 0 Å². The molecule has 11 heavy (non-hydrogen) atoms. The Kier molecular flexibility index (Phi) is 3.41. The molecule has 0 unspecified atom stereocenters. The lowest BCUT2D eigenvalue weighted by Gasteiger charge is -2.22. The second-order valence-electron chi connectivity index (χ2n) is 3.03. The Labute approximate surface area is 73.4 Å². The first-order chi connectivity index (χ1) is 5.33. The van der Waals surface area contributed by atoms with Crippen molar-refractivity contribution in [2.45, 2.75) is 31.3 Å². The van der Waals surface area contributed by atoms with Gasteiger partial charge in [-0.25, -0.2) is 0 Å². The summed E-state index contributed by atoms with van der Waals surface area (Å²) in [7, 11) is 1.78. The SMILES string of the molecule is COC1(/C=C/CCl)CCCC1. The normalized spacial score (nSPS) is 23.1. The van der Waals surface area contributed by atoms with Gasteiger partial charge in [0.2, 0.25) is 0 Å². The first-order valence-corrected chi connectivity index (χ1v) is 4.65. The summed E-state index contributed by atoms with van der Waals surface area (Å²) in [4.78, 5) is 0. The summed E-state index contributed by atoms with van der Waals surface area (Å²) in [6.45, 7) is 0. The quantitative estimate of drug-likeness (QED) is 0.472. The Morgan fingerprint density at radius 3 is 2.55 bits per heavy atom. The van der Waals surface area contributed by atoms with Crippen LogP contribution in [0.3, 0.4) is 0 Å². The third-order valence-electron chi connectivity index (χ3n) is 2.37. The summed E-state index contributed by atoms with van der Waals surface area (Å²) >= 11 is 5.56. The van der Waals surface area contributed by atoms with E-state index in [1.54, 1.807) is 7.11 Å². The van der Waals surface area contributed by atoms with Gasteiger partial charge in [-0.15, -0.1) is 11.6 Å². The molecule has 1 rings (SSSR count). The van der Waals surface area contributed by atoms with E-state index in [4.69, 9.17) is 16.3 Å². The average Bonchev–Trinajstić information content (AvgIpc) is 2.50. The summed E-state index contributed by atoms with van der Waals surface area (Å²) in [6.07, 6.45) is 8.96. The molecule has 2 heteroatoms. The maximum absolute atomic E-state index is 5.56. The van der Waals surface area contributed by atoms with Gasteiger partial charge in [0.15, 0.2) is 0 Å². The van der Waals surface area contributed by atoms with Gasteiger partial charge in [0.05, 0.1) is 5.60 Å². The summed E-state index contributed by atoms with van der Waals surface area (Å²) in [5.74, 6) is 0.588. The predicted molar refractivity (Wildman–Crippen MR) is 48.1 cm³/mol. The Morgan fingerprint density at radius 2 is 2.09 bits per heavy atom. The molecule has 0 bridgehead atoms. The highest BCUT2D eigenvalue weighted by Crippen LogP contribution is 2.33. The highest BCUT2D eigenvalue weighted by Gasteiger charge is 2.30. The second kappa shape index (κ2) is 4.13. The maximum Gasteiger partial charge on any atom is 0.0859 e. The zero-order chi connectivity index (χ0) is 8.16. The van der Waals surface area contributed by atoms with Crippen molar-refractivity contribution in [2.75, 3.05) is 13.0 Å². The fourth-order valence-corrected chi connectivity index (χ4v) is 1.76. The topological polar surface area (TPSA) is 9.23 Å². The Hall–Kier alpha value is -0.0100. The molecule has 1 fully saturated rings. The zero-order valence-electron chi connectivity index (χ0n) is 6.98. The van der Waals surface area contributed by atoms with Crippen LogP contribution >= 0.6 is 11.6 Å². The summed E-state index contributed by atoms with van der Waals surface area (Å²) in [5, 5.41) is 0. The standard InChI is InChI=1S/C9H15ClO/c1-11-9(7-4-8-10)5-2-3-6-9/h4,7H,2-3,5-6,8H2,1H3/b7-4+. The Morgan fingerprint density at radius 1 is 1.45 bits per heavy atom. The lowest BCUT2D eigenvalue weighted by molar-refractivity contribution is 0.0387. The summed E-state index contributed by atoms with van der Waals surface area (Å²) < 4.78 is 5.46. The number of ether oxygens (including phenoxy) is 1. The molecule has 0 saturated heterocycles. The van der Waals surface area contributed by atoms with Crippen molar-refractivity contribution in [3.63, 3.8) is 0 Å². The van der Waals surface area contributed by atoms with Crippen LogP contribution in [-0.4, -0.2) is 18.6 Å². The van der Waals surface area contributed by atoms with Crippen molar-refractivity contribution in [3.8, 4) is 0 Å². The van der Waals surface area contributed by atoms with Gasteiger partial charge in [-0.05, 0) is 12.8 Å². The molecule has 0 atom stereocenters. The molecule has 0 aromatic rings. The van der Waals surface area contributed by atoms with Crippen molar-refractivity contribution in [3.05, 3.63) is 12.2 Å². The predicted octanol–water partition coefficient (Wildman–Crippen LogP) is 2.74. The number of hydrogen-bond acceptors (Lipinski definition) is 1. The van der Waals surface area contributed by atoms with E-state index < -0.39 is 0 Å². The first-order valence-electron chi connectivity index (χ1n) is 4.12. The van der Waals surface area contributed by atoms with Gasteiger partial charge >= 0.3 is 0 Å². The first kappa shape index (κ1) is 9.08. The van der Waals surface area contributed by atoms with Crippen molar-refractivity contribution >= 4 is 11.6 Å². The van der Waals surface area contributed by atoms with Crippen LogP contribution in [0.2, 0.25) is 0 Å². The van der Waals surface area contributed by atoms with Gasteiger partial charge in [0, 0.05) is 13.0 Å². The van der Waals surface area contributed by atoms with Gasteiger partial charge in [0.25, 0.3) is 0 Å².